The second kappa shape index (κ2) is 9.29. The molecule has 0 aliphatic heterocycles. The Bertz CT molecular complexity index is 1000. The normalized spacial score (nSPS) is 12.8. The molecule has 0 spiro atoms. The molecule has 0 aromatic heterocycles. The van der Waals surface area contributed by atoms with Gasteiger partial charge in [-0.1, -0.05) is 17.7 Å². The summed E-state index contributed by atoms with van der Waals surface area (Å²) in [6, 6.07) is 9.92. The molecule has 2 aromatic rings. The van der Waals surface area contributed by atoms with Crippen LogP contribution in [0.15, 0.2) is 53.4 Å². The van der Waals surface area contributed by atoms with E-state index < -0.39 is 51.7 Å². The number of hydrogen-bond acceptors (Lipinski definition) is 5. The van der Waals surface area contributed by atoms with Gasteiger partial charge in [0, 0.05) is 5.69 Å². The molecule has 0 bridgehead atoms. The molecule has 2 rings (SSSR count). The van der Waals surface area contributed by atoms with Crippen molar-refractivity contribution < 1.29 is 35.9 Å². The van der Waals surface area contributed by atoms with Crippen molar-refractivity contribution in [3.8, 4) is 0 Å². The number of carbonyl (C=O) groups excluding carboxylic acids is 2. The molecule has 2 aromatic carbocycles. The minimum Gasteiger partial charge on any atom is -0.453 e. The highest BCUT2D eigenvalue weighted by Crippen LogP contribution is 2.29. The molecule has 1 unspecified atom stereocenters. The molecule has 0 aliphatic carbocycles. The van der Waals surface area contributed by atoms with Crippen LogP contribution < -0.4 is 5.32 Å². The number of anilines is 1. The highest BCUT2D eigenvalue weighted by molar-refractivity contribution is 7.91. The lowest BCUT2D eigenvalue weighted by atomic mass is 10.2. The molecule has 1 atom stereocenters. The molecular formula is C20H20F3NO5S. The predicted molar refractivity (Wildman–Crippen MR) is 103 cm³/mol. The summed E-state index contributed by atoms with van der Waals surface area (Å²) in [4.78, 5) is 24.0. The zero-order valence-electron chi connectivity index (χ0n) is 16.2. The molecule has 0 aliphatic rings. The fraction of sp³-hybridized carbons (Fsp3) is 0.300. The Morgan fingerprint density at radius 3 is 2.13 bits per heavy atom. The average Bonchev–Trinajstić information content (AvgIpc) is 2.66. The second-order valence-corrected chi connectivity index (χ2v) is 8.69. The van der Waals surface area contributed by atoms with Gasteiger partial charge in [-0.15, -0.1) is 0 Å². The number of aryl methyl sites for hydroxylation is 1. The summed E-state index contributed by atoms with van der Waals surface area (Å²) in [5.41, 5.74) is 0.119. The van der Waals surface area contributed by atoms with Crippen molar-refractivity contribution in [2.75, 3.05) is 11.1 Å². The van der Waals surface area contributed by atoms with Gasteiger partial charge in [-0.2, -0.15) is 13.2 Å². The van der Waals surface area contributed by atoms with Crippen LogP contribution in [0.25, 0.3) is 0 Å². The SMILES string of the molecule is Cc1ccc(S(=O)(=O)CCC(=O)OC(C)C(=O)Nc2ccc(C(F)(F)F)cc2)cc1. The van der Waals surface area contributed by atoms with Crippen LogP contribution in [-0.2, 0) is 30.3 Å². The highest BCUT2D eigenvalue weighted by Gasteiger charge is 2.30. The Morgan fingerprint density at radius 1 is 1.03 bits per heavy atom. The highest BCUT2D eigenvalue weighted by atomic mass is 32.2. The van der Waals surface area contributed by atoms with Crippen LogP contribution in [0.4, 0.5) is 18.9 Å². The molecule has 0 fully saturated rings. The van der Waals surface area contributed by atoms with Gasteiger partial charge in [0.05, 0.1) is 22.6 Å². The third-order valence-electron chi connectivity index (χ3n) is 4.11. The Hall–Kier alpha value is -2.88. The van der Waals surface area contributed by atoms with E-state index in [0.717, 1.165) is 29.8 Å². The fourth-order valence-electron chi connectivity index (χ4n) is 2.38. The van der Waals surface area contributed by atoms with Crippen molar-refractivity contribution >= 4 is 27.4 Å². The Kier molecular flexibility index (Phi) is 7.25. The van der Waals surface area contributed by atoms with Crippen LogP contribution in [0.1, 0.15) is 24.5 Å². The largest absolute Gasteiger partial charge is 0.453 e. The van der Waals surface area contributed by atoms with Gasteiger partial charge in [0.1, 0.15) is 0 Å². The molecular weight excluding hydrogens is 423 g/mol. The summed E-state index contributed by atoms with van der Waals surface area (Å²) in [5.74, 6) is -2.13. The maximum Gasteiger partial charge on any atom is 0.416 e. The van der Waals surface area contributed by atoms with Crippen LogP contribution in [0, 0.1) is 6.92 Å². The summed E-state index contributed by atoms with van der Waals surface area (Å²) in [7, 11) is -3.69. The average molecular weight is 443 g/mol. The zero-order chi connectivity index (χ0) is 22.5. The summed E-state index contributed by atoms with van der Waals surface area (Å²) >= 11 is 0. The van der Waals surface area contributed by atoms with E-state index in [1.54, 1.807) is 12.1 Å². The molecule has 1 N–H and O–H groups in total. The van der Waals surface area contributed by atoms with E-state index in [2.05, 4.69) is 5.32 Å². The first-order valence-corrected chi connectivity index (χ1v) is 10.5. The number of amides is 1. The van der Waals surface area contributed by atoms with E-state index >= 15 is 0 Å². The molecule has 30 heavy (non-hydrogen) atoms. The number of nitrogens with one attached hydrogen (secondary N) is 1. The summed E-state index contributed by atoms with van der Waals surface area (Å²) in [6.45, 7) is 3.08. The van der Waals surface area contributed by atoms with Crippen LogP contribution in [0.5, 0.6) is 0 Å². The van der Waals surface area contributed by atoms with Crippen LogP contribution in [0.2, 0.25) is 0 Å². The molecule has 10 heteroatoms. The Labute approximate surface area is 172 Å². The first-order chi connectivity index (χ1) is 13.9. The molecule has 0 heterocycles. The van der Waals surface area contributed by atoms with Crippen molar-refractivity contribution in [2.45, 2.75) is 37.4 Å². The molecule has 0 saturated carbocycles. The van der Waals surface area contributed by atoms with Gasteiger partial charge in [-0.05, 0) is 50.2 Å². The number of halogens is 3. The topological polar surface area (TPSA) is 89.5 Å². The molecule has 0 saturated heterocycles. The fourth-order valence-corrected chi connectivity index (χ4v) is 3.60. The van der Waals surface area contributed by atoms with E-state index in [-0.39, 0.29) is 10.6 Å². The van der Waals surface area contributed by atoms with Gasteiger partial charge in [-0.25, -0.2) is 8.42 Å². The van der Waals surface area contributed by atoms with Gasteiger partial charge in [0.2, 0.25) is 0 Å². The van der Waals surface area contributed by atoms with E-state index in [4.69, 9.17) is 4.74 Å². The lowest BCUT2D eigenvalue weighted by molar-refractivity contribution is -0.152. The van der Waals surface area contributed by atoms with Gasteiger partial charge >= 0.3 is 12.1 Å². The monoisotopic (exact) mass is 443 g/mol. The van der Waals surface area contributed by atoms with Crippen molar-refractivity contribution in [3.05, 3.63) is 59.7 Å². The molecule has 162 valence electrons. The van der Waals surface area contributed by atoms with Gasteiger partial charge in [0.25, 0.3) is 5.91 Å². The minimum absolute atomic E-state index is 0.0778. The number of ether oxygens (including phenoxy) is 1. The van der Waals surface area contributed by atoms with Crippen molar-refractivity contribution in [3.63, 3.8) is 0 Å². The molecule has 6 nitrogen and oxygen atoms in total. The van der Waals surface area contributed by atoms with Crippen molar-refractivity contribution in [1.82, 2.24) is 0 Å². The van der Waals surface area contributed by atoms with Gasteiger partial charge in [0.15, 0.2) is 15.9 Å². The zero-order valence-corrected chi connectivity index (χ0v) is 17.0. The molecule has 0 radical (unpaired) electrons. The van der Waals surface area contributed by atoms with Crippen molar-refractivity contribution in [1.29, 1.82) is 0 Å². The number of carbonyl (C=O) groups is 2. The van der Waals surface area contributed by atoms with Gasteiger partial charge in [-0.3, -0.25) is 9.59 Å². The third kappa shape index (κ3) is 6.58. The minimum atomic E-state index is -4.50. The summed E-state index contributed by atoms with van der Waals surface area (Å²) in [5, 5.41) is 2.33. The standard InChI is InChI=1S/C20H20F3NO5S/c1-13-3-9-17(10-4-13)30(27,28)12-11-18(25)29-14(2)19(26)24-16-7-5-15(6-8-16)20(21,22)23/h3-10,14H,11-12H2,1-2H3,(H,24,26). The number of rotatable bonds is 7. The first kappa shape index (κ1) is 23.4. The summed E-state index contributed by atoms with van der Waals surface area (Å²) < 4.78 is 67.0. The number of benzene rings is 2. The quantitative estimate of drug-likeness (QED) is 0.659. The Morgan fingerprint density at radius 2 is 1.60 bits per heavy atom. The van der Waals surface area contributed by atoms with Gasteiger partial charge < -0.3 is 10.1 Å². The molecule has 1 amide bonds. The van der Waals surface area contributed by atoms with E-state index in [0.29, 0.717) is 0 Å². The number of sulfone groups is 1. The first-order valence-electron chi connectivity index (χ1n) is 8.85. The number of hydrogen-bond donors (Lipinski definition) is 1. The van der Waals surface area contributed by atoms with E-state index in [1.807, 2.05) is 6.92 Å². The maximum absolute atomic E-state index is 12.5. The number of alkyl halides is 3. The smallest absolute Gasteiger partial charge is 0.416 e. The van der Waals surface area contributed by atoms with Crippen LogP contribution in [-0.4, -0.2) is 32.2 Å². The van der Waals surface area contributed by atoms with Crippen LogP contribution in [0.3, 0.4) is 0 Å². The van der Waals surface area contributed by atoms with E-state index in [9.17, 15) is 31.2 Å². The van der Waals surface area contributed by atoms with Crippen molar-refractivity contribution in [2.24, 2.45) is 0 Å². The lowest BCUT2D eigenvalue weighted by Crippen LogP contribution is -2.30. The maximum atomic E-state index is 12.5. The lowest BCUT2D eigenvalue weighted by Gasteiger charge is -2.14. The third-order valence-corrected chi connectivity index (χ3v) is 5.84. The summed E-state index contributed by atoms with van der Waals surface area (Å²) in [6.07, 6.45) is -6.21. The second-order valence-electron chi connectivity index (χ2n) is 6.58. The Balaban J connectivity index is 1.87. The van der Waals surface area contributed by atoms with E-state index in [1.165, 1.54) is 19.1 Å². The van der Waals surface area contributed by atoms with Crippen LogP contribution >= 0.6 is 0 Å². The number of esters is 1. The predicted octanol–water partition coefficient (Wildman–Crippen LogP) is 3.75.